The molecule has 16 heavy (non-hydrogen) atoms. The summed E-state index contributed by atoms with van der Waals surface area (Å²) in [6, 6.07) is 3.20. The number of rotatable bonds is 7. The first-order valence-electron chi connectivity index (χ1n) is 5.93. The van der Waals surface area contributed by atoms with Crippen LogP contribution in [0.1, 0.15) is 26.7 Å². The van der Waals surface area contributed by atoms with Gasteiger partial charge in [0.15, 0.2) is 0 Å². The number of nitrogens with one attached hydrogen (secondary N) is 1. The van der Waals surface area contributed by atoms with E-state index in [2.05, 4.69) is 24.3 Å². The lowest BCUT2D eigenvalue weighted by molar-refractivity contribution is 0.496. The first kappa shape index (κ1) is 12.9. The zero-order chi connectivity index (χ0) is 11.8. The molecule has 1 rings (SSSR count). The fraction of sp³-hybridized carbons (Fsp3) is 0.667. The summed E-state index contributed by atoms with van der Waals surface area (Å²) in [6.07, 6.45) is 4.07. The van der Waals surface area contributed by atoms with Crippen LogP contribution < -0.4 is 10.9 Å². The standard InChI is InChI=1S/C12H21N3O/c1-11(2)5-3-7-13-9-10-15-12(16)6-4-8-14-15/h4,6,8,11,13H,3,5,7,9-10H2,1-2H3. The number of nitrogens with zero attached hydrogens (tertiary/aromatic N) is 2. The Morgan fingerprint density at radius 2 is 2.25 bits per heavy atom. The average molecular weight is 223 g/mol. The smallest absolute Gasteiger partial charge is 0.266 e. The summed E-state index contributed by atoms with van der Waals surface area (Å²) in [5.41, 5.74) is -0.0357. The first-order chi connectivity index (χ1) is 7.70. The van der Waals surface area contributed by atoms with Crippen LogP contribution in [0.5, 0.6) is 0 Å². The predicted molar refractivity (Wildman–Crippen MR) is 65.4 cm³/mol. The van der Waals surface area contributed by atoms with E-state index in [1.807, 2.05) is 0 Å². The minimum Gasteiger partial charge on any atom is -0.315 e. The molecule has 1 aromatic heterocycles. The van der Waals surface area contributed by atoms with Crippen molar-refractivity contribution in [3.8, 4) is 0 Å². The van der Waals surface area contributed by atoms with Crippen molar-refractivity contribution in [3.05, 3.63) is 28.7 Å². The summed E-state index contributed by atoms with van der Waals surface area (Å²) in [4.78, 5) is 11.3. The summed E-state index contributed by atoms with van der Waals surface area (Å²) in [5.74, 6) is 0.764. The predicted octanol–water partition coefficient (Wildman–Crippen LogP) is 1.27. The van der Waals surface area contributed by atoms with E-state index in [-0.39, 0.29) is 5.56 Å². The van der Waals surface area contributed by atoms with Crippen molar-refractivity contribution in [2.45, 2.75) is 33.2 Å². The molecule has 0 unspecified atom stereocenters. The van der Waals surface area contributed by atoms with E-state index in [0.717, 1.165) is 19.0 Å². The van der Waals surface area contributed by atoms with Gasteiger partial charge in [-0.3, -0.25) is 4.79 Å². The quantitative estimate of drug-likeness (QED) is 0.708. The Morgan fingerprint density at radius 1 is 1.44 bits per heavy atom. The van der Waals surface area contributed by atoms with Crippen LogP contribution in [-0.2, 0) is 6.54 Å². The van der Waals surface area contributed by atoms with Gasteiger partial charge in [-0.05, 0) is 31.4 Å². The Labute approximate surface area is 96.7 Å². The second kappa shape index (κ2) is 7.17. The molecule has 0 fully saturated rings. The number of hydrogen-bond acceptors (Lipinski definition) is 3. The molecule has 0 aliphatic heterocycles. The van der Waals surface area contributed by atoms with E-state index in [9.17, 15) is 4.79 Å². The van der Waals surface area contributed by atoms with Crippen LogP contribution in [0.4, 0.5) is 0 Å². The van der Waals surface area contributed by atoms with Crippen LogP contribution >= 0.6 is 0 Å². The van der Waals surface area contributed by atoms with Gasteiger partial charge in [-0.15, -0.1) is 0 Å². The highest BCUT2D eigenvalue weighted by atomic mass is 16.1. The van der Waals surface area contributed by atoms with E-state index in [1.165, 1.54) is 23.6 Å². The topological polar surface area (TPSA) is 46.9 Å². The molecule has 1 heterocycles. The summed E-state index contributed by atoms with van der Waals surface area (Å²) < 4.78 is 1.48. The second-order valence-electron chi connectivity index (χ2n) is 4.37. The molecule has 0 aliphatic rings. The molecule has 0 saturated heterocycles. The van der Waals surface area contributed by atoms with Crippen LogP contribution in [0.2, 0.25) is 0 Å². The third-order valence-electron chi connectivity index (χ3n) is 2.42. The van der Waals surface area contributed by atoms with Crippen molar-refractivity contribution >= 4 is 0 Å². The highest BCUT2D eigenvalue weighted by Gasteiger charge is 1.96. The van der Waals surface area contributed by atoms with Gasteiger partial charge in [0.1, 0.15) is 0 Å². The van der Waals surface area contributed by atoms with E-state index >= 15 is 0 Å². The molecule has 0 spiro atoms. The van der Waals surface area contributed by atoms with Crippen LogP contribution in [0.25, 0.3) is 0 Å². The van der Waals surface area contributed by atoms with Crippen molar-refractivity contribution in [2.75, 3.05) is 13.1 Å². The average Bonchev–Trinajstić information content (AvgIpc) is 2.25. The van der Waals surface area contributed by atoms with Crippen molar-refractivity contribution in [2.24, 2.45) is 5.92 Å². The Kier molecular flexibility index (Phi) is 5.78. The summed E-state index contributed by atoms with van der Waals surface area (Å²) in [5, 5.41) is 7.31. The van der Waals surface area contributed by atoms with Gasteiger partial charge in [-0.2, -0.15) is 5.10 Å². The molecule has 4 nitrogen and oxygen atoms in total. The Morgan fingerprint density at radius 3 is 2.94 bits per heavy atom. The van der Waals surface area contributed by atoms with Gasteiger partial charge in [0.25, 0.3) is 5.56 Å². The lowest BCUT2D eigenvalue weighted by atomic mass is 10.1. The molecule has 0 radical (unpaired) electrons. The van der Waals surface area contributed by atoms with Crippen molar-refractivity contribution in [1.82, 2.24) is 15.1 Å². The summed E-state index contributed by atoms with van der Waals surface area (Å²) in [7, 11) is 0. The molecule has 0 aliphatic carbocycles. The Bertz CT molecular complexity index is 346. The minimum absolute atomic E-state index is 0.0357. The lowest BCUT2D eigenvalue weighted by Crippen LogP contribution is -2.28. The van der Waals surface area contributed by atoms with Crippen molar-refractivity contribution in [1.29, 1.82) is 0 Å². The lowest BCUT2D eigenvalue weighted by Gasteiger charge is -2.07. The second-order valence-corrected chi connectivity index (χ2v) is 4.37. The molecule has 0 aromatic carbocycles. The molecule has 4 heteroatoms. The monoisotopic (exact) mass is 223 g/mol. The van der Waals surface area contributed by atoms with Crippen LogP contribution in [-0.4, -0.2) is 22.9 Å². The maximum absolute atomic E-state index is 11.3. The number of aromatic nitrogens is 2. The third-order valence-corrected chi connectivity index (χ3v) is 2.42. The Hall–Kier alpha value is -1.16. The van der Waals surface area contributed by atoms with Gasteiger partial charge in [-0.25, -0.2) is 4.68 Å². The van der Waals surface area contributed by atoms with Crippen LogP contribution in [0, 0.1) is 5.92 Å². The normalized spacial score (nSPS) is 10.9. The molecular formula is C12H21N3O. The largest absolute Gasteiger partial charge is 0.315 e. The first-order valence-corrected chi connectivity index (χ1v) is 5.93. The van der Waals surface area contributed by atoms with Gasteiger partial charge in [0, 0.05) is 18.8 Å². The van der Waals surface area contributed by atoms with E-state index in [1.54, 1.807) is 12.3 Å². The summed E-state index contributed by atoms with van der Waals surface area (Å²) >= 11 is 0. The SMILES string of the molecule is CC(C)CCCNCCn1ncccc1=O. The maximum atomic E-state index is 11.3. The zero-order valence-electron chi connectivity index (χ0n) is 10.1. The van der Waals surface area contributed by atoms with E-state index in [0.29, 0.717) is 6.54 Å². The molecule has 0 bridgehead atoms. The Balaban J connectivity index is 2.12. The van der Waals surface area contributed by atoms with Gasteiger partial charge in [0.05, 0.1) is 6.54 Å². The highest BCUT2D eigenvalue weighted by molar-refractivity contribution is 4.84. The molecule has 0 atom stereocenters. The molecule has 0 saturated carbocycles. The van der Waals surface area contributed by atoms with E-state index in [4.69, 9.17) is 0 Å². The van der Waals surface area contributed by atoms with Gasteiger partial charge in [0.2, 0.25) is 0 Å². The van der Waals surface area contributed by atoms with Gasteiger partial charge >= 0.3 is 0 Å². The summed E-state index contributed by atoms with van der Waals surface area (Å²) in [6.45, 7) is 6.91. The van der Waals surface area contributed by atoms with Crippen molar-refractivity contribution in [3.63, 3.8) is 0 Å². The molecule has 1 aromatic rings. The zero-order valence-corrected chi connectivity index (χ0v) is 10.1. The fourth-order valence-corrected chi connectivity index (χ4v) is 1.50. The van der Waals surface area contributed by atoms with Gasteiger partial charge in [-0.1, -0.05) is 13.8 Å². The highest BCUT2D eigenvalue weighted by Crippen LogP contribution is 2.01. The molecule has 0 amide bonds. The minimum atomic E-state index is -0.0357. The van der Waals surface area contributed by atoms with Crippen LogP contribution in [0.3, 0.4) is 0 Å². The van der Waals surface area contributed by atoms with Gasteiger partial charge < -0.3 is 5.32 Å². The van der Waals surface area contributed by atoms with Crippen LogP contribution in [0.15, 0.2) is 23.1 Å². The maximum Gasteiger partial charge on any atom is 0.266 e. The van der Waals surface area contributed by atoms with E-state index < -0.39 is 0 Å². The molecular weight excluding hydrogens is 202 g/mol. The van der Waals surface area contributed by atoms with Crippen molar-refractivity contribution < 1.29 is 0 Å². The fourth-order valence-electron chi connectivity index (χ4n) is 1.50. The molecule has 1 N–H and O–H groups in total. The third kappa shape index (κ3) is 5.07. The number of hydrogen-bond donors (Lipinski definition) is 1. The molecule has 90 valence electrons.